The van der Waals surface area contributed by atoms with Gasteiger partial charge >= 0.3 is 0 Å². The molecule has 1 aromatic carbocycles. The summed E-state index contributed by atoms with van der Waals surface area (Å²) in [6.07, 6.45) is 4.12. The summed E-state index contributed by atoms with van der Waals surface area (Å²) < 4.78 is 13.6. The van der Waals surface area contributed by atoms with Crippen LogP contribution in [0.25, 0.3) is 0 Å². The van der Waals surface area contributed by atoms with E-state index in [0.717, 1.165) is 38.8 Å². The number of likely N-dealkylation sites (tertiary alicyclic amines) is 2. The summed E-state index contributed by atoms with van der Waals surface area (Å²) in [5, 5.41) is 2.81. The highest BCUT2D eigenvalue weighted by atomic mass is 19.1. The zero-order chi connectivity index (χ0) is 17.8. The van der Waals surface area contributed by atoms with Crippen LogP contribution in [0.4, 0.5) is 4.39 Å². The molecule has 2 atom stereocenters. The smallest absolute Gasteiger partial charge is 0.234 e. The van der Waals surface area contributed by atoms with Crippen LogP contribution in [0.2, 0.25) is 0 Å². The fourth-order valence-electron chi connectivity index (χ4n) is 4.14. The van der Waals surface area contributed by atoms with Crippen LogP contribution < -0.4 is 5.32 Å². The first-order valence-electron chi connectivity index (χ1n) is 9.07. The fraction of sp³-hybridized carbons (Fsp3) is 0.579. The summed E-state index contributed by atoms with van der Waals surface area (Å²) in [6.45, 7) is 3.83. The van der Waals surface area contributed by atoms with Gasteiger partial charge in [-0.3, -0.25) is 14.5 Å². The summed E-state index contributed by atoms with van der Waals surface area (Å²) in [5.41, 5.74) is 0.493. The minimum atomic E-state index is -0.301. The highest BCUT2D eigenvalue weighted by Gasteiger charge is 2.39. The van der Waals surface area contributed by atoms with Gasteiger partial charge in [0.15, 0.2) is 0 Å². The Hall–Kier alpha value is -1.95. The van der Waals surface area contributed by atoms with E-state index in [1.165, 1.54) is 6.07 Å². The number of rotatable bonds is 5. The maximum atomic E-state index is 13.6. The summed E-state index contributed by atoms with van der Waals surface area (Å²) >= 11 is 0. The number of nitrogens with zero attached hydrogens (tertiary/aromatic N) is 2. The molecule has 0 radical (unpaired) electrons. The van der Waals surface area contributed by atoms with Crippen molar-refractivity contribution in [2.75, 3.05) is 19.6 Å². The van der Waals surface area contributed by atoms with Gasteiger partial charge in [-0.25, -0.2) is 4.39 Å². The number of nitrogens with one attached hydrogen (secondary N) is 1. The average Bonchev–Trinajstić information content (AvgIpc) is 3.22. The van der Waals surface area contributed by atoms with E-state index in [4.69, 9.17) is 0 Å². The SMILES string of the molecule is CC(=O)N1CCC[C@@H]1[C@@H]1CCCN1CC(=O)NCc1ccccc1F. The number of carbonyl (C=O) groups is 2. The lowest BCUT2D eigenvalue weighted by Gasteiger charge is -2.34. The Morgan fingerprint density at radius 1 is 1.16 bits per heavy atom. The van der Waals surface area contributed by atoms with Gasteiger partial charge in [0.25, 0.3) is 0 Å². The number of hydrogen-bond acceptors (Lipinski definition) is 3. The quantitative estimate of drug-likeness (QED) is 0.885. The summed E-state index contributed by atoms with van der Waals surface area (Å²) in [6, 6.07) is 6.95. The molecule has 136 valence electrons. The zero-order valence-electron chi connectivity index (χ0n) is 14.7. The third-order valence-electron chi connectivity index (χ3n) is 5.34. The molecule has 0 aromatic heterocycles. The fourth-order valence-corrected chi connectivity index (χ4v) is 4.14. The van der Waals surface area contributed by atoms with Crippen molar-refractivity contribution < 1.29 is 14.0 Å². The van der Waals surface area contributed by atoms with Gasteiger partial charge < -0.3 is 10.2 Å². The molecule has 1 aromatic rings. The van der Waals surface area contributed by atoms with Gasteiger partial charge in [-0.2, -0.15) is 0 Å². The highest BCUT2D eigenvalue weighted by molar-refractivity contribution is 5.78. The van der Waals surface area contributed by atoms with E-state index < -0.39 is 0 Å². The van der Waals surface area contributed by atoms with Crippen molar-refractivity contribution in [3.05, 3.63) is 35.6 Å². The first kappa shape index (κ1) is 17.9. The third-order valence-corrected chi connectivity index (χ3v) is 5.34. The molecule has 0 unspecified atom stereocenters. The largest absolute Gasteiger partial charge is 0.351 e. The van der Waals surface area contributed by atoms with Crippen LogP contribution in [0.15, 0.2) is 24.3 Å². The van der Waals surface area contributed by atoms with Gasteiger partial charge in [0.05, 0.1) is 6.54 Å². The number of benzene rings is 1. The van der Waals surface area contributed by atoms with Crippen LogP contribution in [0, 0.1) is 5.82 Å². The van der Waals surface area contributed by atoms with Gasteiger partial charge in [-0.15, -0.1) is 0 Å². The van der Waals surface area contributed by atoms with E-state index in [0.29, 0.717) is 12.1 Å². The maximum absolute atomic E-state index is 13.6. The van der Waals surface area contributed by atoms with E-state index >= 15 is 0 Å². The van der Waals surface area contributed by atoms with Gasteiger partial charge in [0.1, 0.15) is 5.82 Å². The van der Waals surface area contributed by atoms with Crippen molar-refractivity contribution >= 4 is 11.8 Å². The Bertz CT molecular complexity index is 637. The number of halogens is 1. The normalized spacial score (nSPS) is 23.8. The van der Waals surface area contributed by atoms with Crippen LogP contribution in [-0.4, -0.2) is 53.3 Å². The van der Waals surface area contributed by atoms with Crippen molar-refractivity contribution in [1.82, 2.24) is 15.1 Å². The molecule has 2 aliphatic rings. The van der Waals surface area contributed by atoms with E-state index in [1.54, 1.807) is 25.1 Å². The molecule has 0 spiro atoms. The van der Waals surface area contributed by atoms with Crippen molar-refractivity contribution in [3.63, 3.8) is 0 Å². The Balaban J connectivity index is 1.55. The van der Waals surface area contributed by atoms with Crippen molar-refractivity contribution in [3.8, 4) is 0 Å². The third kappa shape index (κ3) is 4.18. The van der Waals surface area contributed by atoms with Crippen LogP contribution in [0.3, 0.4) is 0 Å². The molecule has 2 amide bonds. The predicted molar refractivity (Wildman–Crippen MR) is 93.3 cm³/mol. The molecule has 0 saturated carbocycles. The lowest BCUT2D eigenvalue weighted by molar-refractivity contribution is -0.130. The monoisotopic (exact) mass is 347 g/mol. The number of hydrogen-bond donors (Lipinski definition) is 1. The molecular formula is C19H26FN3O2. The van der Waals surface area contributed by atoms with Gasteiger partial charge in [0.2, 0.25) is 11.8 Å². The Labute approximate surface area is 148 Å². The summed E-state index contributed by atoms with van der Waals surface area (Å²) in [4.78, 5) is 28.3. The molecule has 5 nitrogen and oxygen atoms in total. The lowest BCUT2D eigenvalue weighted by atomic mass is 10.0. The van der Waals surface area contributed by atoms with Gasteiger partial charge in [-0.05, 0) is 38.3 Å². The van der Waals surface area contributed by atoms with Gasteiger partial charge in [-0.1, -0.05) is 18.2 Å². The standard InChI is InChI=1S/C19H26FN3O2/c1-14(24)23-11-5-9-18(23)17-8-4-10-22(17)13-19(25)21-12-15-6-2-3-7-16(15)20/h2-3,6-7,17-18H,4-5,8-13H2,1H3,(H,21,25)/t17-,18+/m0/s1. The summed E-state index contributed by atoms with van der Waals surface area (Å²) in [5.74, 6) is -0.272. The first-order chi connectivity index (χ1) is 12.1. The Morgan fingerprint density at radius 2 is 1.88 bits per heavy atom. The average molecular weight is 347 g/mol. The molecule has 1 N–H and O–H groups in total. The second kappa shape index (κ2) is 7.95. The molecule has 6 heteroatoms. The minimum Gasteiger partial charge on any atom is -0.351 e. The molecule has 2 fully saturated rings. The molecular weight excluding hydrogens is 321 g/mol. The molecule has 25 heavy (non-hydrogen) atoms. The van der Waals surface area contributed by atoms with Crippen LogP contribution in [0.5, 0.6) is 0 Å². The zero-order valence-corrected chi connectivity index (χ0v) is 14.7. The van der Waals surface area contributed by atoms with Crippen molar-refractivity contribution in [1.29, 1.82) is 0 Å². The van der Waals surface area contributed by atoms with Gasteiger partial charge in [0, 0.05) is 37.7 Å². The first-order valence-corrected chi connectivity index (χ1v) is 9.07. The maximum Gasteiger partial charge on any atom is 0.234 e. The van der Waals surface area contributed by atoms with E-state index in [1.807, 2.05) is 4.90 Å². The predicted octanol–water partition coefficient (Wildman–Crippen LogP) is 1.92. The van der Waals surface area contributed by atoms with Crippen LogP contribution >= 0.6 is 0 Å². The number of amides is 2. The Kier molecular flexibility index (Phi) is 5.68. The minimum absolute atomic E-state index is 0.0949. The molecule has 3 rings (SSSR count). The van der Waals surface area contributed by atoms with E-state index in [9.17, 15) is 14.0 Å². The molecule has 0 bridgehead atoms. The molecule has 2 heterocycles. The number of carbonyl (C=O) groups excluding carboxylic acids is 2. The van der Waals surface area contributed by atoms with Crippen molar-refractivity contribution in [2.24, 2.45) is 0 Å². The van der Waals surface area contributed by atoms with E-state index in [-0.39, 0.29) is 36.3 Å². The van der Waals surface area contributed by atoms with Crippen LogP contribution in [-0.2, 0) is 16.1 Å². The second-order valence-corrected chi connectivity index (χ2v) is 6.97. The molecule has 2 saturated heterocycles. The van der Waals surface area contributed by atoms with Crippen LogP contribution in [0.1, 0.15) is 38.2 Å². The topological polar surface area (TPSA) is 52.7 Å². The highest BCUT2D eigenvalue weighted by Crippen LogP contribution is 2.29. The molecule has 2 aliphatic heterocycles. The lowest BCUT2D eigenvalue weighted by Crippen LogP contribution is -2.50. The van der Waals surface area contributed by atoms with Crippen molar-refractivity contribution in [2.45, 2.75) is 51.2 Å². The van der Waals surface area contributed by atoms with E-state index in [2.05, 4.69) is 10.2 Å². The molecule has 0 aliphatic carbocycles. The second-order valence-electron chi connectivity index (χ2n) is 6.97. The Morgan fingerprint density at radius 3 is 2.64 bits per heavy atom. The summed E-state index contributed by atoms with van der Waals surface area (Å²) in [7, 11) is 0.